The molecule has 28 heavy (non-hydrogen) atoms. The first kappa shape index (κ1) is 19.1. The number of carbonyl (C=O) groups excluding carboxylic acids is 2. The Morgan fingerprint density at radius 1 is 0.821 bits per heavy atom. The van der Waals surface area contributed by atoms with Crippen molar-refractivity contribution in [2.24, 2.45) is 0 Å². The predicted octanol–water partition coefficient (Wildman–Crippen LogP) is 4.75. The van der Waals surface area contributed by atoms with Crippen molar-refractivity contribution in [3.05, 3.63) is 99.1 Å². The molecule has 2 amide bonds. The minimum Gasteiger partial charge on any atom is -0.322 e. The van der Waals surface area contributed by atoms with E-state index in [9.17, 15) is 19.7 Å². The molecule has 0 spiro atoms. The first-order chi connectivity index (χ1) is 13.4. The van der Waals surface area contributed by atoms with Gasteiger partial charge in [-0.05, 0) is 36.4 Å². The van der Waals surface area contributed by atoms with Gasteiger partial charge in [-0.1, -0.05) is 35.9 Å². The Morgan fingerprint density at radius 3 is 2.21 bits per heavy atom. The maximum absolute atomic E-state index is 12.5. The van der Waals surface area contributed by atoms with Crippen LogP contribution >= 0.6 is 11.6 Å². The zero-order chi connectivity index (χ0) is 20.1. The summed E-state index contributed by atoms with van der Waals surface area (Å²) >= 11 is 5.99. The maximum Gasteiger partial charge on any atom is 0.270 e. The highest BCUT2D eigenvalue weighted by molar-refractivity contribution is 6.34. The number of para-hydroxylation sites is 1. The van der Waals surface area contributed by atoms with Crippen LogP contribution in [0.2, 0.25) is 5.02 Å². The Hall–Kier alpha value is -3.71. The lowest BCUT2D eigenvalue weighted by Crippen LogP contribution is -2.15. The van der Waals surface area contributed by atoms with Crippen molar-refractivity contribution >= 4 is 40.5 Å². The van der Waals surface area contributed by atoms with Crippen LogP contribution in [0.25, 0.3) is 0 Å². The van der Waals surface area contributed by atoms with E-state index in [0.717, 1.165) is 6.07 Å². The van der Waals surface area contributed by atoms with Gasteiger partial charge in [0, 0.05) is 29.1 Å². The molecule has 0 saturated heterocycles. The average molecular weight is 396 g/mol. The molecule has 0 bridgehead atoms. The Balaban J connectivity index is 1.77. The van der Waals surface area contributed by atoms with E-state index in [0.29, 0.717) is 16.9 Å². The zero-order valence-electron chi connectivity index (χ0n) is 14.4. The molecule has 0 aliphatic heterocycles. The molecule has 0 saturated carbocycles. The molecule has 0 aliphatic carbocycles. The van der Waals surface area contributed by atoms with Gasteiger partial charge >= 0.3 is 0 Å². The van der Waals surface area contributed by atoms with Crippen LogP contribution in [0, 0.1) is 10.1 Å². The third-order valence-corrected chi connectivity index (χ3v) is 4.15. The molecular weight excluding hydrogens is 382 g/mol. The van der Waals surface area contributed by atoms with Crippen LogP contribution in [0.3, 0.4) is 0 Å². The van der Waals surface area contributed by atoms with Crippen LogP contribution in [0.1, 0.15) is 20.7 Å². The first-order valence-corrected chi connectivity index (χ1v) is 8.53. The molecule has 0 heterocycles. The second kappa shape index (κ2) is 8.32. The zero-order valence-corrected chi connectivity index (χ0v) is 15.1. The van der Waals surface area contributed by atoms with E-state index in [-0.39, 0.29) is 22.2 Å². The van der Waals surface area contributed by atoms with Gasteiger partial charge in [0.15, 0.2) is 0 Å². The van der Waals surface area contributed by atoms with Crippen molar-refractivity contribution in [3.63, 3.8) is 0 Å². The number of non-ortho nitro benzene ring substituents is 1. The molecule has 7 nitrogen and oxygen atoms in total. The fraction of sp³-hybridized carbons (Fsp3) is 0. The quantitative estimate of drug-likeness (QED) is 0.480. The van der Waals surface area contributed by atoms with Crippen molar-refractivity contribution in [1.29, 1.82) is 0 Å². The van der Waals surface area contributed by atoms with Crippen LogP contribution in [-0.2, 0) is 0 Å². The number of halogens is 1. The summed E-state index contributed by atoms with van der Waals surface area (Å²) in [6.45, 7) is 0. The van der Waals surface area contributed by atoms with Crippen molar-refractivity contribution in [2.45, 2.75) is 0 Å². The largest absolute Gasteiger partial charge is 0.322 e. The molecule has 8 heteroatoms. The van der Waals surface area contributed by atoms with Gasteiger partial charge in [0.05, 0.1) is 15.5 Å². The van der Waals surface area contributed by atoms with E-state index in [2.05, 4.69) is 10.6 Å². The topological polar surface area (TPSA) is 101 Å². The molecule has 0 aromatic heterocycles. The standard InChI is InChI=1S/C20H14ClN3O4/c21-18-10-9-16(24(27)28)12-17(18)20(26)23-15-8-4-5-13(11-15)19(25)22-14-6-2-1-3-7-14/h1-12H,(H,22,25)(H,23,26). The third-order valence-electron chi connectivity index (χ3n) is 3.82. The van der Waals surface area contributed by atoms with Crippen molar-refractivity contribution in [3.8, 4) is 0 Å². The number of amides is 2. The summed E-state index contributed by atoms with van der Waals surface area (Å²) in [5.74, 6) is -0.954. The molecule has 0 unspecified atom stereocenters. The summed E-state index contributed by atoms with van der Waals surface area (Å²) in [5.41, 5.74) is 1.06. The van der Waals surface area contributed by atoms with Gasteiger partial charge in [-0.15, -0.1) is 0 Å². The molecule has 0 fully saturated rings. The minimum atomic E-state index is -0.616. The van der Waals surface area contributed by atoms with Gasteiger partial charge in [-0.25, -0.2) is 0 Å². The van der Waals surface area contributed by atoms with E-state index in [1.807, 2.05) is 6.07 Å². The number of nitrogens with zero attached hydrogens (tertiary/aromatic N) is 1. The highest BCUT2D eigenvalue weighted by Gasteiger charge is 2.16. The maximum atomic E-state index is 12.5. The number of nitro groups is 1. The molecule has 3 aromatic carbocycles. The van der Waals surface area contributed by atoms with Gasteiger partial charge < -0.3 is 10.6 Å². The second-order valence-electron chi connectivity index (χ2n) is 5.78. The molecule has 0 radical (unpaired) electrons. The average Bonchev–Trinajstić information content (AvgIpc) is 2.69. The Morgan fingerprint density at radius 2 is 1.50 bits per heavy atom. The summed E-state index contributed by atoms with van der Waals surface area (Å²) < 4.78 is 0. The summed E-state index contributed by atoms with van der Waals surface area (Å²) in [4.78, 5) is 35.1. The summed E-state index contributed by atoms with van der Waals surface area (Å²) in [6.07, 6.45) is 0. The highest BCUT2D eigenvalue weighted by atomic mass is 35.5. The molecule has 140 valence electrons. The van der Waals surface area contributed by atoms with Gasteiger partial charge in [0.1, 0.15) is 0 Å². The fourth-order valence-electron chi connectivity index (χ4n) is 2.46. The molecule has 2 N–H and O–H groups in total. The number of benzene rings is 3. The third kappa shape index (κ3) is 4.52. The van der Waals surface area contributed by atoms with Gasteiger partial charge in [0.25, 0.3) is 17.5 Å². The van der Waals surface area contributed by atoms with Crippen LogP contribution in [-0.4, -0.2) is 16.7 Å². The molecule has 0 aliphatic rings. The summed E-state index contributed by atoms with van der Waals surface area (Å²) in [6, 6.07) is 18.9. The lowest BCUT2D eigenvalue weighted by Gasteiger charge is -2.09. The molecule has 3 rings (SSSR count). The smallest absolute Gasteiger partial charge is 0.270 e. The van der Waals surface area contributed by atoms with Crippen molar-refractivity contribution in [1.82, 2.24) is 0 Å². The number of nitrogens with one attached hydrogen (secondary N) is 2. The molecular formula is C20H14ClN3O4. The van der Waals surface area contributed by atoms with Crippen molar-refractivity contribution in [2.75, 3.05) is 10.6 Å². The molecule has 0 atom stereocenters. The second-order valence-corrected chi connectivity index (χ2v) is 6.18. The van der Waals surface area contributed by atoms with Gasteiger partial charge in [-0.3, -0.25) is 19.7 Å². The minimum absolute atomic E-state index is 0.0324. The number of hydrogen-bond acceptors (Lipinski definition) is 4. The molecule has 3 aromatic rings. The van der Waals surface area contributed by atoms with E-state index < -0.39 is 10.8 Å². The number of nitro benzene ring substituents is 1. The van der Waals surface area contributed by atoms with Crippen LogP contribution in [0.4, 0.5) is 17.1 Å². The van der Waals surface area contributed by atoms with E-state index in [1.165, 1.54) is 18.2 Å². The Labute approximate surface area is 165 Å². The number of anilines is 2. The van der Waals surface area contributed by atoms with Crippen LogP contribution < -0.4 is 10.6 Å². The summed E-state index contributed by atoms with van der Waals surface area (Å²) in [5, 5.41) is 16.3. The Kier molecular flexibility index (Phi) is 5.67. The number of rotatable bonds is 5. The lowest BCUT2D eigenvalue weighted by atomic mass is 10.1. The lowest BCUT2D eigenvalue weighted by molar-refractivity contribution is -0.384. The van der Waals surface area contributed by atoms with Crippen molar-refractivity contribution < 1.29 is 14.5 Å². The normalized spacial score (nSPS) is 10.2. The number of hydrogen-bond donors (Lipinski definition) is 2. The fourth-order valence-corrected chi connectivity index (χ4v) is 2.67. The van der Waals surface area contributed by atoms with Gasteiger partial charge in [0.2, 0.25) is 0 Å². The van der Waals surface area contributed by atoms with E-state index >= 15 is 0 Å². The first-order valence-electron chi connectivity index (χ1n) is 8.16. The van der Waals surface area contributed by atoms with E-state index in [1.54, 1.807) is 42.5 Å². The number of carbonyl (C=O) groups is 2. The highest BCUT2D eigenvalue weighted by Crippen LogP contribution is 2.23. The predicted molar refractivity (Wildman–Crippen MR) is 107 cm³/mol. The van der Waals surface area contributed by atoms with E-state index in [4.69, 9.17) is 11.6 Å². The summed E-state index contributed by atoms with van der Waals surface area (Å²) in [7, 11) is 0. The Bertz CT molecular complexity index is 1050. The van der Waals surface area contributed by atoms with Gasteiger partial charge in [-0.2, -0.15) is 0 Å². The SMILES string of the molecule is O=C(Nc1ccccc1)c1cccc(NC(=O)c2cc([N+](=O)[O-])ccc2Cl)c1. The van der Waals surface area contributed by atoms with Crippen LogP contribution in [0.5, 0.6) is 0 Å². The monoisotopic (exact) mass is 395 g/mol. The van der Waals surface area contributed by atoms with Crippen LogP contribution in [0.15, 0.2) is 72.8 Å².